The highest BCUT2D eigenvalue weighted by Gasteiger charge is 2.05. The molecule has 0 aliphatic heterocycles. The van der Waals surface area contributed by atoms with Crippen LogP contribution in [0.1, 0.15) is 25.3 Å². The molecule has 0 unspecified atom stereocenters. The van der Waals surface area contributed by atoms with Crippen LogP contribution in [0.2, 0.25) is 0 Å². The summed E-state index contributed by atoms with van der Waals surface area (Å²) in [6.07, 6.45) is 2.02. The van der Waals surface area contributed by atoms with Crippen molar-refractivity contribution in [3.8, 4) is 11.5 Å². The SMILES string of the molecule is CCNC(=NCc1ccc(OC)cc1OC)NCCCCOCCOC. The third-order valence-electron chi connectivity index (χ3n) is 3.69. The van der Waals surface area contributed by atoms with Crippen LogP contribution in [0.3, 0.4) is 0 Å². The standard InChI is InChI=1S/C19H33N3O4/c1-5-20-19(21-10-6-7-11-26-13-12-23-2)22-15-16-8-9-17(24-3)14-18(16)25-4/h8-9,14H,5-7,10-13,15H2,1-4H3,(H2,20,21,22). The number of unbranched alkanes of at least 4 members (excludes halogenated alkanes) is 1. The van der Waals surface area contributed by atoms with Gasteiger partial charge in [0.1, 0.15) is 11.5 Å². The van der Waals surface area contributed by atoms with Gasteiger partial charge in [0.25, 0.3) is 0 Å². The van der Waals surface area contributed by atoms with Gasteiger partial charge in [0.05, 0.1) is 34.0 Å². The van der Waals surface area contributed by atoms with E-state index in [1.807, 2.05) is 18.2 Å². The van der Waals surface area contributed by atoms with Crippen LogP contribution in [0.15, 0.2) is 23.2 Å². The molecule has 0 spiro atoms. The molecule has 0 atom stereocenters. The average Bonchev–Trinajstić information content (AvgIpc) is 2.67. The number of ether oxygens (including phenoxy) is 4. The molecule has 2 N–H and O–H groups in total. The van der Waals surface area contributed by atoms with E-state index in [-0.39, 0.29) is 0 Å². The summed E-state index contributed by atoms with van der Waals surface area (Å²) >= 11 is 0. The lowest BCUT2D eigenvalue weighted by Crippen LogP contribution is -2.37. The molecule has 1 aromatic carbocycles. The summed E-state index contributed by atoms with van der Waals surface area (Å²) in [7, 11) is 4.97. The van der Waals surface area contributed by atoms with Crippen molar-refractivity contribution in [3.05, 3.63) is 23.8 Å². The summed E-state index contributed by atoms with van der Waals surface area (Å²) in [4.78, 5) is 4.63. The van der Waals surface area contributed by atoms with Crippen LogP contribution in [0, 0.1) is 0 Å². The predicted octanol–water partition coefficient (Wildman–Crippen LogP) is 2.20. The Bertz CT molecular complexity index is 524. The lowest BCUT2D eigenvalue weighted by molar-refractivity contribution is 0.0689. The first-order chi connectivity index (χ1) is 12.7. The molecule has 148 valence electrons. The van der Waals surface area contributed by atoms with Gasteiger partial charge in [-0.15, -0.1) is 0 Å². The highest BCUT2D eigenvalue weighted by atomic mass is 16.5. The van der Waals surface area contributed by atoms with Crippen molar-refractivity contribution in [2.45, 2.75) is 26.3 Å². The second kappa shape index (κ2) is 14.2. The maximum atomic E-state index is 5.46. The molecule has 0 heterocycles. The average molecular weight is 367 g/mol. The first-order valence-corrected chi connectivity index (χ1v) is 9.04. The zero-order chi connectivity index (χ0) is 19.0. The smallest absolute Gasteiger partial charge is 0.191 e. The summed E-state index contributed by atoms with van der Waals surface area (Å²) in [5.74, 6) is 2.34. The molecular formula is C19H33N3O4. The van der Waals surface area contributed by atoms with Crippen LogP contribution in [-0.4, -0.2) is 60.2 Å². The first kappa shape index (κ1) is 22.1. The Kier molecular flexibility index (Phi) is 12.1. The Balaban J connectivity index is 2.43. The van der Waals surface area contributed by atoms with Crippen molar-refractivity contribution >= 4 is 5.96 Å². The Morgan fingerprint density at radius 1 is 1.00 bits per heavy atom. The number of nitrogens with zero attached hydrogens (tertiary/aromatic N) is 1. The molecule has 7 heteroatoms. The van der Waals surface area contributed by atoms with Gasteiger partial charge in [-0.25, -0.2) is 4.99 Å². The highest BCUT2D eigenvalue weighted by molar-refractivity contribution is 5.79. The minimum absolute atomic E-state index is 0.530. The molecule has 0 aliphatic rings. The Morgan fingerprint density at radius 2 is 1.85 bits per heavy atom. The van der Waals surface area contributed by atoms with Crippen LogP contribution in [-0.2, 0) is 16.0 Å². The molecule has 0 saturated carbocycles. The fourth-order valence-corrected chi connectivity index (χ4v) is 2.27. The molecule has 0 radical (unpaired) electrons. The molecule has 1 aromatic rings. The Labute approximate surface area is 157 Å². The molecule has 0 saturated heterocycles. The van der Waals surface area contributed by atoms with E-state index in [0.29, 0.717) is 19.8 Å². The van der Waals surface area contributed by atoms with Gasteiger partial charge >= 0.3 is 0 Å². The lowest BCUT2D eigenvalue weighted by Gasteiger charge is -2.13. The summed E-state index contributed by atoms with van der Waals surface area (Å²) in [6, 6.07) is 5.76. The normalized spacial score (nSPS) is 11.3. The second-order valence-electron chi connectivity index (χ2n) is 5.61. The number of guanidine groups is 1. The van der Waals surface area contributed by atoms with Gasteiger partial charge in [-0.2, -0.15) is 0 Å². The molecule has 1 rings (SSSR count). The van der Waals surface area contributed by atoms with Gasteiger partial charge in [0.2, 0.25) is 0 Å². The molecule has 0 aliphatic carbocycles. The molecular weight excluding hydrogens is 334 g/mol. The van der Waals surface area contributed by atoms with E-state index in [1.165, 1.54) is 0 Å². The topological polar surface area (TPSA) is 73.3 Å². The number of rotatable bonds is 13. The molecule has 0 aromatic heterocycles. The number of methoxy groups -OCH3 is 3. The number of nitrogens with one attached hydrogen (secondary N) is 2. The van der Waals surface area contributed by atoms with Crippen LogP contribution < -0.4 is 20.1 Å². The van der Waals surface area contributed by atoms with Crippen LogP contribution in [0.25, 0.3) is 0 Å². The molecule has 26 heavy (non-hydrogen) atoms. The molecule has 0 bridgehead atoms. The summed E-state index contributed by atoms with van der Waals surface area (Å²) in [5, 5.41) is 6.60. The minimum atomic E-state index is 0.530. The van der Waals surface area contributed by atoms with Crippen LogP contribution in [0.5, 0.6) is 11.5 Å². The van der Waals surface area contributed by atoms with Gasteiger partial charge < -0.3 is 29.6 Å². The van der Waals surface area contributed by atoms with Gasteiger partial charge in [-0.3, -0.25) is 0 Å². The third-order valence-corrected chi connectivity index (χ3v) is 3.69. The highest BCUT2D eigenvalue weighted by Crippen LogP contribution is 2.25. The fraction of sp³-hybridized carbons (Fsp3) is 0.632. The fourth-order valence-electron chi connectivity index (χ4n) is 2.27. The second-order valence-corrected chi connectivity index (χ2v) is 5.61. The van der Waals surface area contributed by atoms with Gasteiger partial charge in [0.15, 0.2) is 5.96 Å². The lowest BCUT2D eigenvalue weighted by atomic mass is 10.2. The van der Waals surface area contributed by atoms with E-state index in [2.05, 4.69) is 22.5 Å². The summed E-state index contributed by atoms with van der Waals surface area (Å²) in [6.45, 7) is 6.28. The zero-order valence-electron chi connectivity index (χ0n) is 16.5. The first-order valence-electron chi connectivity index (χ1n) is 9.04. The number of benzene rings is 1. The Morgan fingerprint density at radius 3 is 2.54 bits per heavy atom. The van der Waals surface area contributed by atoms with Crippen molar-refractivity contribution in [1.82, 2.24) is 10.6 Å². The van der Waals surface area contributed by atoms with E-state index in [9.17, 15) is 0 Å². The van der Waals surface area contributed by atoms with E-state index >= 15 is 0 Å². The van der Waals surface area contributed by atoms with Crippen molar-refractivity contribution in [3.63, 3.8) is 0 Å². The van der Waals surface area contributed by atoms with E-state index in [1.54, 1.807) is 21.3 Å². The minimum Gasteiger partial charge on any atom is -0.497 e. The van der Waals surface area contributed by atoms with Gasteiger partial charge in [-0.1, -0.05) is 0 Å². The van der Waals surface area contributed by atoms with E-state index in [4.69, 9.17) is 18.9 Å². The van der Waals surface area contributed by atoms with Crippen LogP contribution in [0.4, 0.5) is 0 Å². The maximum Gasteiger partial charge on any atom is 0.191 e. The van der Waals surface area contributed by atoms with Crippen LogP contribution >= 0.6 is 0 Å². The quantitative estimate of drug-likeness (QED) is 0.316. The Hall–Kier alpha value is -1.99. The summed E-state index contributed by atoms with van der Waals surface area (Å²) < 4.78 is 21.0. The van der Waals surface area contributed by atoms with Crippen molar-refractivity contribution < 1.29 is 18.9 Å². The van der Waals surface area contributed by atoms with E-state index in [0.717, 1.165) is 55.6 Å². The predicted molar refractivity (Wildman–Crippen MR) is 104 cm³/mol. The number of hydrogen-bond donors (Lipinski definition) is 2. The van der Waals surface area contributed by atoms with Crippen molar-refractivity contribution in [2.24, 2.45) is 4.99 Å². The zero-order valence-corrected chi connectivity index (χ0v) is 16.5. The van der Waals surface area contributed by atoms with E-state index < -0.39 is 0 Å². The van der Waals surface area contributed by atoms with Crippen molar-refractivity contribution in [2.75, 3.05) is 54.2 Å². The molecule has 0 fully saturated rings. The number of aliphatic imine (C=N–C) groups is 1. The monoisotopic (exact) mass is 367 g/mol. The van der Waals surface area contributed by atoms with Crippen molar-refractivity contribution in [1.29, 1.82) is 0 Å². The largest absolute Gasteiger partial charge is 0.497 e. The third kappa shape index (κ3) is 8.92. The molecule has 0 amide bonds. The number of hydrogen-bond acceptors (Lipinski definition) is 5. The van der Waals surface area contributed by atoms with Gasteiger partial charge in [0, 0.05) is 38.4 Å². The maximum absolute atomic E-state index is 5.46. The van der Waals surface area contributed by atoms with Gasteiger partial charge in [-0.05, 0) is 31.9 Å². The summed E-state index contributed by atoms with van der Waals surface area (Å²) in [5.41, 5.74) is 1.01. The molecule has 7 nitrogen and oxygen atoms in total.